The Labute approximate surface area is 112 Å². The second-order valence-corrected chi connectivity index (χ2v) is 4.64. The van der Waals surface area contributed by atoms with Crippen molar-refractivity contribution in [2.24, 2.45) is 5.16 Å². The molecule has 0 radical (unpaired) electrons. The molecule has 0 spiro atoms. The number of ether oxygens (including phenoxy) is 1. The van der Waals surface area contributed by atoms with Crippen LogP contribution in [0.15, 0.2) is 53.7 Å². The summed E-state index contributed by atoms with van der Waals surface area (Å²) in [6.07, 6.45) is 1.71. The Hall–Kier alpha value is -2.29. The summed E-state index contributed by atoms with van der Waals surface area (Å²) in [5, 5.41) is 12.2. The quantitative estimate of drug-likeness (QED) is 0.673. The number of aryl methyl sites for hydroxylation is 1. The van der Waals surface area contributed by atoms with E-state index in [-0.39, 0.29) is 0 Å². The van der Waals surface area contributed by atoms with Crippen LogP contribution in [-0.2, 0) is 13.0 Å². The molecule has 3 nitrogen and oxygen atoms in total. The number of rotatable bonds is 3. The highest BCUT2D eigenvalue weighted by Crippen LogP contribution is 2.27. The summed E-state index contributed by atoms with van der Waals surface area (Å²) in [4.78, 5) is 0. The molecule has 0 heterocycles. The number of hydrogen-bond acceptors (Lipinski definition) is 3. The van der Waals surface area contributed by atoms with E-state index in [0.29, 0.717) is 6.61 Å². The number of fused-ring (bicyclic) bond motifs is 1. The Morgan fingerprint density at radius 1 is 1.05 bits per heavy atom. The van der Waals surface area contributed by atoms with Crippen molar-refractivity contribution in [1.82, 2.24) is 0 Å². The fourth-order valence-corrected chi connectivity index (χ4v) is 2.38. The third-order valence-electron chi connectivity index (χ3n) is 3.39. The van der Waals surface area contributed by atoms with E-state index in [4.69, 9.17) is 9.94 Å². The molecule has 3 heteroatoms. The zero-order valence-electron chi connectivity index (χ0n) is 10.5. The molecule has 0 aliphatic heterocycles. The van der Waals surface area contributed by atoms with Gasteiger partial charge in [-0.25, -0.2) is 0 Å². The number of hydrogen-bond donors (Lipinski definition) is 1. The molecule has 1 N–H and O–H groups in total. The summed E-state index contributed by atoms with van der Waals surface area (Å²) in [5.74, 6) is 0.863. The van der Waals surface area contributed by atoms with Crippen molar-refractivity contribution in [3.05, 3.63) is 65.2 Å². The monoisotopic (exact) mass is 253 g/mol. The topological polar surface area (TPSA) is 41.8 Å². The van der Waals surface area contributed by atoms with Gasteiger partial charge in [0.2, 0.25) is 0 Å². The first-order valence-corrected chi connectivity index (χ1v) is 6.38. The van der Waals surface area contributed by atoms with Crippen LogP contribution in [0.1, 0.15) is 23.1 Å². The van der Waals surface area contributed by atoms with E-state index >= 15 is 0 Å². The highest BCUT2D eigenvalue weighted by atomic mass is 16.5. The average molecular weight is 253 g/mol. The van der Waals surface area contributed by atoms with E-state index in [2.05, 4.69) is 5.16 Å². The Balaban J connectivity index is 1.74. The molecule has 0 amide bonds. The van der Waals surface area contributed by atoms with Gasteiger partial charge in [0.1, 0.15) is 12.4 Å². The molecule has 3 rings (SSSR count). The van der Waals surface area contributed by atoms with Crippen LogP contribution < -0.4 is 4.74 Å². The van der Waals surface area contributed by atoms with Crippen molar-refractivity contribution in [2.45, 2.75) is 19.4 Å². The van der Waals surface area contributed by atoms with Crippen LogP contribution in [0.3, 0.4) is 0 Å². The van der Waals surface area contributed by atoms with Crippen LogP contribution in [-0.4, -0.2) is 10.9 Å². The van der Waals surface area contributed by atoms with Crippen molar-refractivity contribution in [3.8, 4) is 5.75 Å². The largest absolute Gasteiger partial charge is 0.489 e. The Kier molecular flexibility index (Phi) is 3.19. The molecule has 96 valence electrons. The Morgan fingerprint density at radius 2 is 1.89 bits per heavy atom. The minimum atomic E-state index is 0.570. The molecule has 0 bridgehead atoms. The number of nitrogens with zero attached hydrogens (tertiary/aromatic N) is 1. The van der Waals surface area contributed by atoms with Gasteiger partial charge in [-0.05, 0) is 42.2 Å². The summed E-state index contributed by atoms with van der Waals surface area (Å²) >= 11 is 0. The van der Waals surface area contributed by atoms with Crippen molar-refractivity contribution < 1.29 is 9.94 Å². The van der Waals surface area contributed by atoms with Gasteiger partial charge in [-0.1, -0.05) is 35.5 Å². The fraction of sp³-hybridized carbons (Fsp3) is 0.188. The normalized spacial score (nSPS) is 15.5. The predicted molar refractivity (Wildman–Crippen MR) is 73.9 cm³/mol. The maximum absolute atomic E-state index is 8.89. The minimum absolute atomic E-state index is 0.570. The molecule has 0 atom stereocenters. The van der Waals surface area contributed by atoms with Crippen molar-refractivity contribution >= 4 is 5.71 Å². The van der Waals surface area contributed by atoms with Gasteiger partial charge in [-0.2, -0.15) is 0 Å². The average Bonchev–Trinajstić information content (AvgIpc) is 2.88. The van der Waals surface area contributed by atoms with E-state index in [1.807, 2.05) is 48.5 Å². The Bertz CT molecular complexity index is 605. The fourth-order valence-electron chi connectivity index (χ4n) is 2.38. The summed E-state index contributed by atoms with van der Waals surface area (Å²) < 4.78 is 5.78. The van der Waals surface area contributed by atoms with E-state index in [9.17, 15) is 0 Å². The third kappa shape index (κ3) is 2.45. The molecular weight excluding hydrogens is 238 g/mol. The predicted octanol–water partition coefficient (Wildman–Crippen LogP) is 3.39. The third-order valence-corrected chi connectivity index (χ3v) is 3.39. The van der Waals surface area contributed by atoms with E-state index in [0.717, 1.165) is 35.4 Å². The molecule has 2 aromatic rings. The number of oxime groups is 1. The van der Waals surface area contributed by atoms with Crippen LogP contribution >= 0.6 is 0 Å². The first-order valence-electron chi connectivity index (χ1n) is 6.38. The van der Waals surface area contributed by atoms with Gasteiger partial charge in [0.25, 0.3) is 0 Å². The smallest absolute Gasteiger partial charge is 0.120 e. The van der Waals surface area contributed by atoms with Crippen LogP contribution in [0.4, 0.5) is 0 Å². The lowest BCUT2D eigenvalue weighted by Crippen LogP contribution is -1.97. The molecule has 2 aromatic carbocycles. The molecule has 0 fully saturated rings. The molecular formula is C16H15NO2. The highest BCUT2D eigenvalue weighted by Gasteiger charge is 2.18. The van der Waals surface area contributed by atoms with Gasteiger partial charge >= 0.3 is 0 Å². The highest BCUT2D eigenvalue weighted by molar-refractivity contribution is 6.04. The van der Waals surface area contributed by atoms with Crippen LogP contribution in [0.25, 0.3) is 0 Å². The lowest BCUT2D eigenvalue weighted by molar-refractivity contribution is 0.306. The van der Waals surface area contributed by atoms with Gasteiger partial charge in [0.05, 0.1) is 5.71 Å². The Morgan fingerprint density at radius 3 is 2.68 bits per heavy atom. The van der Waals surface area contributed by atoms with Crippen LogP contribution in [0.2, 0.25) is 0 Å². The van der Waals surface area contributed by atoms with Gasteiger partial charge in [-0.15, -0.1) is 0 Å². The van der Waals surface area contributed by atoms with Crippen molar-refractivity contribution in [3.63, 3.8) is 0 Å². The molecule has 1 aliphatic carbocycles. The summed E-state index contributed by atoms with van der Waals surface area (Å²) in [7, 11) is 0. The molecule has 1 aliphatic rings. The first kappa shape index (κ1) is 11.8. The summed E-state index contributed by atoms with van der Waals surface area (Å²) in [6.45, 7) is 0.570. The first-order chi connectivity index (χ1) is 9.36. The standard InChI is InChI=1S/C16H15NO2/c18-17-16-9-6-13-10-14(7-8-15(13)16)19-11-12-4-2-1-3-5-12/h1-5,7-8,10,18H,6,9,11H2/b17-16-. The van der Waals surface area contributed by atoms with Gasteiger partial charge in [0.15, 0.2) is 0 Å². The second kappa shape index (κ2) is 5.14. The molecule has 0 aromatic heterocycles. The molecule has 0 unspecified atom stereocenters. The molecule has 0 saturated heterocycles. The number of benzene rings is 2. The van der Waals surface area contributed by atoms with Gasteiger partial charge in [-0.3, -0.25) is 0 Å². The summed E-state index contributed by atoms with van der Waals surface area (Å²) in [5.41, 5.74) is 4.15. The maximum Gasteiger partial charge on any atom is 0.120 e. The molecule has 19 heavy (non-hydrogen) atoms. The van der Waals surface area contributed by atoms with E-state index in [1.54, 1.807) is 0 Å². The van der Waals surface area contributed by atoms with E-state index in [1.165, 1.54) is 5.56 Å². The minimum Gasteiger partial charge on any atom is -0.489 e. The zero-order chi connectivity index (χ0) is 13.1. The van der Waals surface area contributed by atoms with Gasteiger partial charge in [0, 0.05) is 5.56 Å². The maximum atomic E-state index is 8.89. The second-order valence-electron chi connectivity index (χ2n) is 4.64. The van der Waals surface area contributed by atoms with Crippen LogP contribution in [0.5, 0.6) is 5.75 Å². The lowest BCUT2D eigenvalue weighted by atomic mass is 10.1. The van der Waals surface area contributed by atoms with Crippen LogP contribution in [0, 0.1) is 0 Å². The zero-order valence-corrected chi connectivity index (χ0v) is 10.5. The lowest BCUT2D eigenvalue weighted by Gasteiger charge is -2.08. The van der Waals surface area contributed by atoms with Crippen molar-refractivity contribution in [1.29, 1.82) is 0 Å². The molecule has 0 saturated carbocycles. The SMILES string of the molecule is O/N=C1/CCc2cc(OCc3ccccc3)ccc21. The van der Waals surface area contributed by atoms with Crippen molar-refractivity contribution in [2.75, 3.05) is 0 Å². The van der Waals surface area contributed by atoms with Gasteiger partial charge < -0.3 is 9.94 Å². The summed E-state index contributed by atoms with van der Waals surface area (Å²) in [6, 6.07) is 16.0. The van der Waals surface area contributed by atoms with E-state index < -0.39 is 0 Å².